The number of anilines is 1. The fraction of sp³-hybridized carbons (Fsp3) is 0.500. The van der Waals surface area contributed by atoms with Gasteiger partial charge in [-0.15, -0.1) is 0 Å². The second-order valence-corrected chi connectivity index (χ2v) is 8.20. The van der Waals surface area contributed by atoms with Gasteiger partial charge in [0.15, 0.2) is 0 Å². The minimum absolute atomic E-state index is 0.0792. The lowest BCUT2D eigenvalue weighted by Crippen LogP contribution is -2.46. The van der Waals surface area contributed by atoms with E-state index in [-0.39, 0.29) is 6.10 Å². The van der Waals surface area contributed by atoms with Gasteiger partial charge in [0.25, 0.3) is 0 Å². The molecule has 0 aliphatic carbocycles. The molecule has 4 heterocycles. The van der Waals surface area contributed by atoms with Crippen LogP contribution in [0.5, 0.6) is 5.88 Å². The minimum Gasteiger partial charge on any atom is -0.474 e. The summed E-state index contributed by atoms with van der Waals surface area (Å²) in [6, 6.07) is 6.36. The topological polar surface area (TPSA) is 68.5 Å². The molecule has 1 fully saturated rings. The van der Waals surface area contributed by atoms with Crippen LogP contribution in [0.25, 0.3) is 10.9 Å². The van der Waals surface area contributed by atoms with Crippen LogP contribution in [0.3, 0.4) is 0 Å². The number of hydrogen-bond donors (Lipinski definition) is 0. The summed E-state index contributed by atoms with van der Waals surface area (Å²) in [7, 11) is 0. The summed E-state index contributed by atoms with van der Waals surface area (Å²) in [6.45, 7) is 11.2. The molecule has 2 aliphatic heterocycles. The second-order valence-electron chi connectivity index (χ2n) is 8.20. The molecule has 0 amide bonds. The minimum atomic E-state index is 0.0792. The first-order valence-corrected chi connectivity index (χ1v) is 10.7. The van der Waals surface area contributed by atoms with Crippen LogP contribution in [0.15, 0.2) is 30.7 Å². The van der Waals surface area contributed by atoms with Crippen LogP contribution in [0.1, 0.15) is 25.4 Å². The molecule has 0 atom stereocenters. The average Bonchev–Trinajstić information content (AvgIpc) is 3.16. The Morgan fingerprint density at radius 2 is 1.97 bits per heavy atom. The maximum atomic E-state index is 5.89. The second kappa shape index (κ2) is 8.20. The van der Waals surface area contributed by atoms with E-state index in [0.29, 0.717) is 12.5 Å². The lowest BCUT2D eigenvalue weighted by atomic mass is 10.2. The van der Waals surface area contributed by atoms with Crippen LogP contribution in [0.4, 0.5) is 5.69 Å². The molecule has 0 N–H and O–H groups in total. The molecule has 0 unspecified atom stereocenters. The van der Waals surface area contributed by atoms with E-state index in [4.69, 9.17) is 14.5 Å². The van der Waals surface area contributed by atoms with Crippen molar-refractivity contribution in [2.75, 3.05) is 37.7 Å². The Hall–Kier alpha value is -2.71. The van der Waals surface area contributed by atoms with Crippen LogP contribution in [0.2, 0.25) is 0 Å². The summed E-state index contributed by atoms with van der Waals surface area (Å²) in [5, 5.41) is 0.969. The zero-order valence-electron chi connectivity index (χ0n) is 17.6. The Kier molecular flexibility index (Phi) is 5.26. The first-order chi connectivity index (χ1) is 14.7. The molecule has 2 aliphatic rings. The molecule has 2 aromatic heterocycles. The predicted octanol–water partition coefficient (Wildman–Crippen LogP) is 2.47. The molecule has 3 aromatic rings. The summed E-state index contributed by atoms with van der Waals surface area (Å²) >= 11 is 0. The van der Waals surface area contributed by atoms with Crippen molar-refractivity contribution in [2.45, 2.75) is 39.6 Å². The molecule has 1 aromatic carbocycles. The average molecular weight is 409 g/mol. The van der Waals surface area contributed by atoms with Gasteiger partial charge in [-0.2, -0.15) is 0 Å². The molecule has 0 radical (unpaired) electrons. The third-order valence-electron chi connectivity index (χ3n) is 5.67. The van der Waals surface area contributed by atoms with Gasteiger partial charge in [-0.05, 0) is 32.0 Å². The first-order valence-electron chi connectivity index (χ1n) is 10.7. The van der Waals surface area contributed by atoms with Crippen molar-refractivity contribution in [1.29, 1.82) is 0 Å². The number of aromatic nitrogens is 4. The molecule has 30 heavy (non-hydrogen) atoms. The summed E-state index contributed by atoms with van der Waals surface area (Å²) in [6.07, 6.45) is 3.83. The van der Waals surface area contributed by atoms with Crippen LogP contribution in [-0.4, -0.2) is 63.3 Å². The van der Waals surface area contributed by atoms with Crippen molar-refractivity contribution in [1.82, 2.24) is 24.4 Å². The van der Waals surface area contributed by atoms with Gasteiger partial charge in [0, 0.05) is 51.2 Å². The molecule has 0 saturated carbocycles. The molecular formula is C22H28N6O2. The molecule has 8 heteroatoms. The van der Waals surface area contributed by atoms with Crippen molar-refractivity contribution in [3.05, 3.63) is 42.2 Å². The Morgan fingerprint density at radius 1 is 1.10 bits per heavy atom. The molecular weight excluding hydrogens is 380 g/mol. The van der Waals surface area contributed by atoms with E-state index < -0.39 is 0 Å². The predicted molar refractivity (Wildman–Crippen MR) is 115 cm³/mol. The van der Waals surface area contributed by atoms with Crippen LogP contribution in [0, 0.1) is 0 Å². The number of rotatable bonds is 5. The summed E-state index contributed by atoms with van der Waals surface area (Å²) in [5.74, 6) is 1.70. The molecule has 1 saturated heterocycles. The molecule has 158 valence electrons. The zero-order valence-corrected chi connectivity index (χ0v) is 17.6. The fourth-order valence-electron chi connectivity index (χ4n) is 4.15. The van der Waals surface area contributed by atoms with Crippen LogP contribution < -0.4 is 9.64 Å². The van der Waals surface area contributed by atoms with E-state index >= 15 is 0 Å². The van der Waals surface area contributed by atoms with Crippen molar-refractivity contribution in [3.8, 4) is 5.88 Å². The first kappa shape index (κ1) is 19.3. The van der Waals surface area contributed by atoms with Gasteiger partial charge in [-0.1, -0.05) is 0 Å². The fourth-order valence-corrected chi connectivity index (χ4v) is 4.15. The lowest BCUT2D eigenvalue weighted by Gasteiger charge is -2.35. The summed E-state index contributed by atoms with van der Waals surface area (Å²) in [4.78, 5) is 18.4. The highest BCUT2D eigenvalue weighted by Gasteiger charge is 2.20. The van der Waals surface area contributed by atoms with E-state index in [1.807, 2.05) is 13.8 Å². The number of hydrogen-bond acceptors (Lipinski definition) is 7. The SMILES string of the molecule is CC(C)Oc1ncnc2ccc(N3CCN(Cc4cn5c(n4)COCC5)CC3)cc12. The number of piperazine rings is 1. The van der Waals surface area contributed by atoms with Crippen molar-refractivity contribution in [2.24, 2.45) is 0 Å². The molecule has 5 rings (SSSR count). The van der Waals surface area contributed by atoms with E-state index in [1.165, 1.54) is 5.69 Å². The summed E-state index contributed by atoms with van der Waals surface area (Å²) in [5.41, 5.74) is 3.25. The van der Waals surface area contributed by atoms with Gasteiger partial charge in [-0.25, -0.2) is 15.0 Å². The van der Waals surface area contributed by atoms with Gasteiger partial charge in [-0.3, -0.25) is 4.90 Å². The third-order valence-corrected chi connectivity index (χ3v) is 5.67. The number of imidazole rings is 1. The van der Waals surface area contributed by atoms with Crippen molar-refractivity contribution >= 4 is 16.6 Å². The monoisotopic (exact) mass is 408 g/mol. The highest BCUT2D eigenvalue weighted by molar-refractivity contribution is 5.86. The van der Waals surface area contributed by atoms with Crippen molar-refractivity contribution < 1.29 is 9.47 Å². The maximum absolute atomic E-state index is 5.89. The van der Waals surface area contributed by atoms with Gasteiger partial charge < -0.3 is 18.9 Å². The summed E-state index contributed by atoms with van der Waals surface area (Å²) < 4.78 is 13.6. The smallest absolute Gasteiger partial charge is 0.224 e. The van der Waals surface area contributed by atoms with Crippen LogP contribution >= 0.6 is 0 Å². The molecule has 8 nitrogen and oxygen atoms in total. The number of fused-ring (bicyclic) bond motifs is 2. The Bertz CT molecular complexity index is 1000. The molecule has 0 spiro atoms. The Morgan fingerprint density at radius 3 is 2.77 bits per heavy atom. The van der Waals surface area contributed by atoms with Gasteiger partial charge in [0.1, 0.15) is 18.8 Å². The molecule has 0 bridgehead atoms. The number of ether oxygens (including phenoxy) is 2. The van der Waals surface area contributed by atoms with E-state index in [2.05, 4.69) is 48.7 Å². The Labute approximate surface area is 176 Å². The zero-order chi connectivity index (χ0) is 20.5. The van der Waals surface area contributed by atoms with E-state index in [9.17, 15) is 0 Å². The highest BCUT2D eigenvalue weighted by Crippen LogP contribution is 2.28. The largest absolute Gasteiger partial charge is 0.474 e. The van der Waals surface area contributed by atoms with Gasteiger partial charge in [0.05, 0.1) is 29.3 Å². The van der Waals surface area contributed by atoms with E-state index in [1.54, 1.807) is 6.33 Å². The number of nitrogens with zero attached hydrogens (tertiary/aromatic N) is 6. The third kappa shape index (κ3) is 3.97. The standard InChI is InChI=1S/C22H28N6O2/c1-16(2)30-22-19-11-18(3-4-20(19)23-15-24-22)27-7-5-26(6-8-27)12-17-13-28-9-10-29-14-21(28)25-17/h3-4,11,13,15-16H,5-10,12,14H2,1-2H3. The van der Waals surface area contributed by atoms with E-state index in [0.717, 1.165) is 68.3 Å². The van der Waals surface area contributed by atoms with Gasteiger partial charge >= 0.3 is 0 Å². The normalized spacial score (nSPS) is 17.5. The van der Waals surface area contributed by atoms with Crippen molar-refractivity contribution in [3.63, 3.8) is 0 Å². The maximum Gasteiger partial charge on any atom is 0.224 e. The number of benzene rings is 1. The van der Waals surface area contributed by atoms with Gasteiger partial charge in [0.2, 0.25) is 5.88 Å². The highest BCUT2D eigenvalue weighted by atomic mass is 16.5. The Balaban J connectivity index is 1.26. The lowest BCUT2D eigenvalue weighted by molar-refractivity contribution is 0.0816. The quantitative estimate of drug-likeness (QED) is 0.642. The van der Waals surface area contributed by atoms with Crippen LogP contribution in [-0.2, 0) is 24.4 Å².